The maximum Gasteiger partial charge on any atom is 0.325 e. The number of rotatable bonds is 3. The highest BCUT2D eigenvalue weighted by Crippen LogP contribution is 2.04. The van der Waals surface area contributed by atoms with Crippen molar-refractivity contribution in [3.05, 3.63) is 58.5 Å². The highest BCUT2D eigenvalue weighted by Gasteiger charge is 1.98. The summed E-state index contributed by atoms with van der Waals surface area (Å²) in [4.78, 5) is 13.7. The standard InChI is InChI=1S/C11H11FN2O/c12-10-3-1-2-9(8-10)4-6-14-7-5-13-11(14)15/h1-3,5,7-8H,4,6H2,(H,13,15). The average Bonchev–Trinajstić information content (AvgIpc) is 2.61. The number of aromatic amines is 1. The van der Waals surface area contributed by atoms with Crippen LogP contribution < -0.4 is 5.69 Å². The van der Waals surface area contributed by atoms with Crippen LogP contribution in [-0.2, 0) is 13.0 Å². The van der Waals surface area contributed by atoms with E-state index in [-0.39, 0.29) is 11.5 Å². The maximum absolute atomic E-state index is 12.8. The molecule has 2 rings (SSSR count). The second kappa shape index (κ2) is 4.13. The second-order valence-corrected chi connectivity index (χ2v) is 3.34. The molecule has 0 unspecified atom stereocenters. The van der Waals surface area contributed by atoms with E-state index in [9.17, 15) is 9.18 Å². The van der Waals surface area contributed by atoms with Gasteiger partial charge in [0.1, 0.15) is 5.82 Å². The topological polar surface area (TPSA) is 37.8 Å². The molecule has 2 aromatic rings. The van der Waals surface area contributed by atoms with E-state index < -0.39 is 0 Å². The van der Waals surface area contributed by atoms with Gasteiger partial charge in [0.15, 0.2) is 0 Å². The van der Waals surface area contributed by atoms with Gasteiger partial charge in [-0.15, -0.1) is 0 Å². The minimum Gasteiger partial charge on any atom is -0.313 e. The Morgan fingerprint density at radius 3 is 2.93 bits per heavy atom. The summed E-state index contributed by atoms with van der Waals surface area (Å²) in [6.45, 7) is 0.561. The van der Waals surface area contributed by atoms with Gasteiger partial charge in [-0.3, -0.25) is 4.57 Å². The zero-order valence-corrected chi connectivity index (χ0v) is 8.11. The largest absolute Gasteiger partial charge is 0.325 e. The first-order valence-electron chi connectivity index (χ1n) is 4.74. The molecule has 1 heterocycles. The minimum absolute atomic E-state index is 0.133. The Kier molecular flexibility index (Phi) is 2.67. The van der Waals surface area contributed by atoms with Gasteiger partial charge in [0.25, 0.3) is 0 Å². The van der Waals surface area contributed by atoms with E-state index in [4.69, 9.17) is 0 Å². The van der Waals surface area contributed by atoms with Crippen LogP contribution in [0.5, 0.6) is 0 Å². The molecule has 78 valence electrons. The smallest absolute Gasteiger partial charge is 0.313 e. The number of benzene rings is 1. The molecule has 0 atom stereocenters. The number of H-pyrrole nitrogens is 1. The number of aromatic nitrogens is 2. The molecule has 1 aromatic heterocycles. The fourth-order valence-corrected chi connectivity index (χ4v) is 1.47. The van der Waals surface area contributed by atoms with Crippen LogP contribution in [0.4, 0.5) is 4.39 Å². The lowest BCUT2D eigenvalue weighted by Gasteiger charge is -2.01. The van der Waals surface area contributed by atoms with Gasteiger partial charge < -0.3 is 4.98 Å². The van der Waals surface area contributed by atoms with Crippen LogP contribution >= 0.6 is 0 Å². The maximum atomic E-state index is 12.8. The molecule has 0 spiro atoms. The van der Waals surface area contributed by atoms with Crippen molar-refractivity contribution >= 4 is 0 Å². The van der Waals surface area contributed by atoms with Gasteiger partial charge >= 0.3 is 5.69 Å². The van der Waals surface area contributed by atoms with Crippen molar-refractivity contribution < 1.29 is 4.39 Å². The average molecular weight is 206 g/mol. The van der Waals surface area contributed by atoms with Crippen LogP contribution in [0.3, 0.4) is 0 Å². The summed E-state index contributed by atoms with van der Waals surface area (Å²) in [5, 5.41) is 0. The second-order valence-electron chi connectivity index (χ2n) is 3.34. The SMILES string of the molecule is O=c1[nH]ccn1CCc1cccc(F)c1. The third-order valence-electron chi connectivity index (χ3n) is 2.25. The summed E-state index contributed by atoms with van der Waals surface area (Å²) in [5.74, 6) is -0.242. The van der Waals surface area contributed by atoms with Crippen LogP contribution in [0.25, 0.3) is 0 Å². The van der Waals surface area contributed by atoms with E-state index in [1.165, 1.54) is 12.1 Å². The molecule has 0 radical (unpaired) electrons. The number of halogens is 1. The molecule has 1 aromatic carbocycles. The Labute approximate surface area is 86.2 Å². The molecule has 0 aliphatic heterocycles. The van der Waals surface area contributed by atoms with E-state index in [0.717, 1.165) is 5.56 Å². The Hall–Kier alpha value is -1.84. The van der Waals surface area contributed by atoms with Crippen molar-refractivity contribution in [1.82, 2.24) is 9.55 Å². The van der Waals surface area contributed by atoms with Crippen molar-refractivity contribution in [1.29, 1.82) is 0 Å². The Morgan fingerprint density at radius 1 is 1.40 bits per heavy atom. The lowest BCUT2D eigenvalue weighted by Crippen LogP contribution is -2.17. The van der Waals surface area contributed by atoms with Crippen molar-refractivity contribution in [2.24, 2.45) is 0 Å². The fourth-order valence-electron chi connectivity index (χ4n) is 1.47. The molecule has 3 nitrogen and oxygen atoms in total. The monoisotopic (exact) mass is 206 g/mol. The normalized spacial score (nSPS) is 10.5. The number of aryl methyl sites for hydroxylation is 2. The van der Waals surface area contributed by atoms with Gasteiger partial charge in [-0.25, -0.2) is 9.18 Å². The predicted molar refractivity (Wildman–Crippen MR) is 55.2 cm³/mol. The number of imidazole rings is 1. The van der Waals surface area contributed by atoms with Crippen LogP contribution in [0.15, 0.2) is 41.5 Å². The van der Waals surface area contributed by atoms with E-state index in [1.54, 1.807) is 23.0 Å². The Bertz CT molecular complexity index is 501. The van der Waals surface area contributed by atoms with Gasteiger partial charge in [0.2, 0.25) is 0 Å². The molecule has 1 N–H and O–H groups in total. The highest BCUT2D eigenvalue weighted by molar-refractivity contribution is 5.16. The Balaban J connectivity index is 2.05. The summed E-state index contributed by atoms with van der Waals surface area (Å²) >= 11 is 0. The lowest BCUT2D eigenvalue weighted by atomic mass is 10.1. The first-order chi connectivity index (χ1) is 7.25. The molecular formula is C11H11FN2O. The van der Waals surface area contributed by atoms with Gasteiger partial charge in [-0.2, -0.15) is 0 Å². The highest BCUT2D eigenvalue weighted by atomic mass is 19.1. The van der Waals surface area contributed by atoms with Crippen molar-refractivity contribution in [3.63, 3.8) is 0 Å². The number of hydrogen-bond acceptors (Lipinski definition) is 1. The van der Waals surface area contributed by atoms with E-state index >= 15 is 0 Å². The summed E-state index contributed by atoms with van der Waals surface area (Å²) < 4.78 is 14.4. The third-order valence-corrected chi connectivity index (χ3v) is 2.25. The zero-order valence-electron chi connectivity index (χ0n) is 8.11. The summed E-state index contributed by atoms with van der Waals surface area (Å²) in [7, 11) is 0. The number of nitrogens with one attached hydrogen (secondary N) is 1. The summed E-state index contributed by atoms with van der Waals surface area (Å²) in [5.41, 5.74) is 0.759. The summed E-state index contributed by atoms with van der Waals surface area (Å²) in [6.07, 6.45) is 3.92. The van der Waals surface area contributed by atoms with Crippen LogP contribution in [0.1, 0.15) is 5.56 Å². The van der Waals surface area contributed by atoms with E-state index in [1.807, 2.05) is 6.07 Å². The number of hydrogen-bond donors (Lipinski definition) is 1. The molecule has 0 bridgehead atoms. The van der Waals surface area contributed by atoms with Crippen molar-refractivity contribution in [2.75, 3.05) is 0 Å². The van der Waals surface area contributed by atoms with E-state index in [0.29, 0.717) is 13.0 Å². The Morgan fingerprint density at radius 2 is 2.27 bits per heavy atom. The first kappa shape index (κ1) is 9.71. The third kappa shape index (κ3) is 2.34. The number of nitrogens with zero attached hydrogens (tertiary/aromatic N) is 1. The molecular weight excluding hydrogens is 195 g/mol. The van der Waals surface area contributed by atoms with Crippen LogP contribution in [-0.4, -0.2) is 9.55 Å². The zero-order chi connectivity index (χ0) is 10.7. The molecule has 0 saturated heterocycles. The molecule has 0 aliphatic carbocycles. The first-order valence-corrected chi connectivity index (χ1v) is 4.74. The van der Waals surface area contributed by atoms with Gasteiger partial charge in [0.05, 0.1) is 0 Å². The summed E-state index contributed by atoms with van der Waals surface area (Å²) in [6, 6.07) is 6.41. The molecule has 15 heavy (non-hydrogen) atoms. The van der Waals surface area contributed by atoms with Gasteiger partial charge in [-0.05, 0) is 24.1 Å². The van der Waals surface area contributed by atoms with Gasteiger partial charge in [-0.1, -0.05) is 12.1 Å². The lowest BCUT2D eigenvalue weighted by molar-refractivity contribution is 0.620. The van der Waals surface area contributed by atoms with E-state index in [2.05, 4.69) is 4.98 Å². The quantitative estimate of drug-likeness (QED) is 0.813. The molecule has 0 aliphatic rings. The molecule has 0 saturated carbocycles. The molecule has 0 amide bonds. The predicted octanol–water partition coefficient (Wildman–Crippen LogP) is 1.56. The van der Waals surface area contributed by atoms with Gasteiger partial charge in [0, 0.05) is 18.9 Å². The van der Waals surface area contributed by atoms with Crippen LogP contribution in [0, 0.1) is 5.82 Å². The van der Waals surface area contributed by atoms with Crippen LogP contribution in [0.2, 0.25) is 0 Å². The minimum atomic E-state index is -0.242. The molecule has 0 fully saturated rings. The molecule has 4 heteroatoms. The fraction of sp³-hybridized carbons (Fsp3) is 0.182. The van der Waals surface area contributed by atoms with Crippen molar-refractivity contribution in [3.8, 4) is 0 Å². The van der Waals surface area contributed by atoms with Crippen molar-refractivity contribution in [2.45, 2.75) is 13.0 Å².